The summed E-state index contributed by atoms with van der Waals surface area (Å²) in [4.78, 5) is 25.7. The summed E-state index contributed by atoms with van der Waals surface area (Å²) >= 11 is 0. The highest BCUT2D eigenvalue weighted by Gasteiger charge is 2.35. The van der Waals surface area contributed by atoms with Crippen molar-refractivity contribution in [2.45, 2.75) is 25.8 Å². The van der Waals surface area contributed by atoms with E-state index in [1.165, 1.54) is 31.2 Å². The summed E-state index contributed by atoms with van der Waals surface area (Å²) in [6.45, 7) is 1.50. The van der Waals surface area contributed by atoms with Crippen LogP contribution in [-0.4, -0.2) is 16.7 Å². The van der Waals surface area contributed by atoms with Crippen molar-refractivity contribution in [1.29, 1.82) is 0 Å². The van der Waals surface area contributed by atoms with Crippen LogP contribution in [0, 0.1) is 0 Å². The summed E-state index contributed by atoms with van der Waals surface area (Å²) in [5.74, 6) is -3.57. The van der Waals surface area contributed by atoms with Crippen molar-refractivity contribution in [1.82, 2.24) is 4.90 Å². The van der Waals surface area contributed by atoms with Gasteiger partial charge in [-0.05, 0) is 17.7 Å². The van der Waals surface area contributed by atoms with Crippen molar-refractivity contribution < 1.29 is 18.4 Å². The zero-order chi connectivity index (χ0) is 16.6. The largest absolute Gasteiger partial charge is 0.273 e. The standard InChI is InChI=1S/C18H15F2NO2/c1-2-18(19,20)13-9-7-12(8-10-13)11-21-16(22)14-5-3-4-6-15(14)17(21)23/h3-10H,2,11H2,1H3. The van der Waals surface area contributed by atoms with Crippen molar-refractivity contribution in [3.8, 4) is 0 Å². The van der Waals surface area contributed by atoms with Crippen molar-refractivity contribution >= 4 is 11.8 Å². The van der Waals surface area contributed by atoms with Crippen molar-refractivity contribution in [3.05, 3.63) is 70.8 Å². The smallest absolute Gasteiger partial charge is 0.270 e. The van der Waals surface area contributed by atoms with Gasteiger partial charge in [-0.2, -0.15) is 0 Å². The fraction of sp³-hybridized carbons (Fsp3) is 0.222. The molecular formula is C18H15F2NO2. The van der Waals surface area contributed by atoms with E-state index in [-0.39, 0.29) is 30.3 Å². The molecule has 0 saturated carbocycles. The number of rotatable bonds is 4. The Labute approximate surface area is 132 Å². The van der Waals surface area contributed by atoms with Gasteiger partial charge in [0.2, 0.25) is 0 Å². The van der Waals surface area contributed by atoms with Crippen molar-refractivity contribution in [2.75, 3.05) is 0 Å². The van der Waals surface area contributed by atoms with Crippen molar-refractivity contribution in [3.63, 3.8) is 0 Å². The highest BCUT2D eigenvalue weighted by molar-refractivity contribution is 6.21. The fourth-order valence-electron chi connectivity index (χ4n) is 2.62. The lowest BCUT2D eigenvalue weighted by atomic mass is 10.0. The molecule has 0 spiro atoms. The molecule has 0 fully saturated rings. The van der Waals surface area contributed by atoms with Crippen LogP contribution in [0.3, 0.4) is 0 Å². The van der Waals surface area contributed by atoms with E-state index in [0.717, 1.165) is 4.90 Å². The molecule has 0 aromatic heterocycles. The molecule has 2 amide bonds. The van der Waals surface area contributed by atoms with Gasteiger partial charge in [0, 0.05) is 12.0 Å². The van der Waals surface area contributed by atoms with Gasteiger partial charge in [-0.25, -0.2) is 8.78 Å². The number of carbonyl (C=O) groups excluding carboxylic acids is 2. The van der Waals surface area contributed by atoms with Crippen LogP contribution < -0.4 is 0 Å². The monoisotopic (exact) mass is 315 g/mol. The minimum atomic E-state index is -2.87. The minimum absolute atomic E-state index is 0.0638. The molecule has 2 aromatic carbocycles. The summed E-state index contributed by atoms with van der Waals surface area (Å²) in [7, 11) is 0. The summed E-state index contributed by atoms with van der Waals surface area (Å²) in [6, 6.07) is 12.4. The molecule has 0 aliphatic carbocycles. The summed E-state index contributed by atoms with van der Waals surface area (Å²) < 4.78 is 27.2. The van der Waals surface area contributed by atoms with E-state index < -0.39 is 5.92 Å². The Morgan fingerprint density at radius 1 is 0.913 bits per heavy atom. The number of fused-ring (bicyclic) bond motifs is 1. The molecule has 0 bridgehead atoms. The summed E-state index contributed by atoms with van der Waals surface area (Å²) in [6.07, 6.45) is -0.273. The SMILES string of the molecule is CCC(F)(F)c1ccc(CN2C(=O)c3ccccc3C2=O)cc1. The molecule has 1 heterocycles. The maximum atomic E-state index is 13.6. The maximum Gasteiger partial charge on any atom is 0.273 e. The molecule has 0 N–H and O–H groups in total. The summed E-state index contributed by atoms with van der Waals surface area (Å²) in [5, 5.41) is 0. The molecule has 0 unspecified atom stereocenters. The predicted molar refractivity (Wildman–Crippen MR) is 81.3 cm³/mol. The Balaban J connectivity index is 1.81. The fourth-order valence-corrected chi connectivity index (χ4v) is 2.62. The van der Waals surface area contributed by atoms with Crippen LogP contribution in [0.5, 0.6) is 0 Å². The van der Waals surface area contributed by atoms with E-state index >= 15 is 0 Å². The molecule has 1 aliphatic heterocycles. The molecule has 1 aliphatic rings. The average Bonchev–Trinajstić information content (AvgIpc) is 2.81. The third kappa shape index (κ3) is 2.63. The Hall–Kier alpha value is -2.56. The second-order valence-corrected chi connectivity index (χ2v) is 5.50. The Morgan fingerprint density at radius 3 is 1.91 bits per heavy atom. The van der Waals surface area contributed by atoms with E-state index in [0.29, 0.717) is 16.7 Å². The van der Waals surface area contributed by atoms with E-state index in [2.05, 4.69) is 0 Å². The summed E-state index contributed by atoms with van der Waals surface area (Å²) in [5.41, 5.74) is 1.33. The lowest BCUT2D eigenvalue weighted by Gasteiger charge is -2.17. The number of benzene rings is 2. The molecule has 3 rings (SSSR count). The Bertz CT molecular complexity index is 734. The predicted octanol–water partition coefficient (Wildman–Crippen LogP) is 3.98. The van der Waals surface area contributed by atoms with Crippen LogP contribution in [0.2, 0.25) is 0 Å². The third-order valence-electron chi connectivity index (χ3n) is 4.04. The lowest BCUT2D eigenvalue weighted by Crippen LogP contribution is -2.29. The van der Waals surface area contributed by atoms with E-state index in [1.54, 1.807) is 24.3 Å². The first-order valence-corrected chi connectivity index (χ1v) is 7.36. The van der Waals surface area contributed by atoms with Gasteiger partial charge in [0.05, 0.1) is 17.7 Å². The molecule has 5 heteroatoms. The number of amides is 2. The maximum absolute atomic E-state index is 13.6. The van der Waals surface area contributed by atoms with Gasteiger partial charge in [0.15, 0.2) is 0 Å². The molecule has 0 radical (unpaired) electrons. The van der Waals surface area contributed by atoms with Gasteiger partial charge >= 0.3 is 0 Å². The molecule has 3 nitrogen and oxygen atoms in total. The van der Waals surface area contributed by atoms with Gasteiger partial charge in [0.25, 0.3) is 17.7 Å². The number of imide groups is 1. The van der Waals surface area contributed by atoms with Gasteiger partial charge in [-0.15, -0.1) is 0 Å². The first-order chi connectivity index (χ1) is 10.9. The van der Waals surface area contributed by atoms with Gasteiger partial charge in [-0.1, -0.05) is 43.3 Å². The number of hydrogen-bond donors (Lipinski definition) is 0. The highest BCUT2D eigenvalue weighted by Crippen LogP contribution is 2.31. The number of alkyl halides is 2. The van der Waals surface area contributed by atoms with E-state index in [9.17, 15) is 18.4 Å². The zero-order valence-corrected chi connectivity index (χ0v) is 12.6. The van der Waals surface area contributed by atoms with E-state index in [1.807, 2.05) is 0 Å². The average molecular weight is 315 g/mol. The zero-order valence-electron chi connectivity index (χ0n) is 12.6. The molecule has 0 saturated heterocycles. The van der Waals surface area contributed by atoms with Crippen LogP contribution in [-0.2, 0) is 12.5 Å². The first kappa shape index (κ1) is 15.3. The Morgan fingerprint density at radius 2 is 1.43 bits per heavy atom. The number of nitrogens with zero attached hydrogens (tertiary/aromatic N) is 1. The highest BCUT2D eigenvalue weighted by atomic mass is 19.3. The second-order valence-electron chi connectivity index (χ2n) is 5.50. The molecule has 118 valence electrons. The second kappa shape index (κ2) is 5.57. The topological polar surface area (TPSA) is 37.4 Å². The Kier molecular flexibility index (Phi) is 3.72. The van der Waals surface area contributed by atoms with Gasteiger partial charge < -0.3 is 0 Å². The third-order valence-corrected chi connectivity index (χ3v) is 4.04. The lowest BCUT2D eigenvalue weighted by molar-refractivity contribution is -0.00832. The number of hydrogen-bond acceptors (Lipinski definition) is 2. The molecule has 0 atom stereocenters. The van der Waals surface area contributed by atoms with Crippen LogP contribution in [0.25, 0.3) is 0 Å². The van der Waals surface area contributed by atoms with Crippen molar-refractivity contribution in [2.24, 2.45) is 0 Å². The quantitative estimate of drug-likeness (QED) is 0.800. The van der Waals surface area contributed by atoms with E-state index in [4.69, 9.17) is 0 Å². The molecule has 2 aromatic rings. The van der Waals surface area contributed by atoms with Gasteiger partial charge in [-0.3, -0.25) is 14.5 Å². The van der Waals surface area contributed by atoms with Crippen LogP contribution >= 0.6 is 0 Å². The molecule has 23 heavy (non-hydrogen) atoms. The normalized spacial score (nSPS) is 14.3. The van der Waals surface area contributed by atoms with Crippen LogP contribution in [0.1, 0.15) is 45.2 Å². The number of carbonyl (C=O) groups is 2. The molecular weight excluding hydrogens is 300 g/mol. The van der Waals surface area contributed by atoms with Crippen LogP contribution in [0.15, 0.2) is 48.5 Å². The van der Waals surface area contributed by atoms with Gasteiger partial charge in [0.1, 0.15) is 0 Å². The number of halogens is 2. The van der Waals surface area contributed by atoms with Crippen LogP contribution in [0.4, 0.5) is 8.78 Å². The first-order valence-electron chi connectivity index (χ1n) is 7.36. The minimum Gasteiger partial charge on any atom is -0.270 e.